The highest BCUT2D eigenvalue weighted by molar-refractivity contribution is 14.1. The van der Waals surface area contributed by atoms with Gasteiger partial charge in [-0.1, -0.05) is 40.2 Å². The maximum absolute atomic E-state index is 12.0. The Hall–Kier alpha value is -0.620. The van der Waals surface area contributed by atoms with Crippen LogP contribution in [-0.4, -0.2) is 22.2 Å². The summed E-state index contributed by atoms with van der Waals surface area (Å²) in [6.07, 6.45) is 7.81. The molecule has 0 aliphatic carbocycles. The number of rotatable bonds is 3. The first-order chi connectivity index (χ1) is 8.16. The number of allylic oxidation sites excluding steroid dienone is 2. The lowest BCUT2D eigenvalue weighted by atomic mass is 10.1. The van der Waals surface area contributed by atoms with Crippen molar-refractivity contribution in [3.8, 4) is 0 Å². The SMILES string of the molecule is O=C(CN1C=CC=CC1Br)c1ccc(I)cc1. The molecule has 2 nitrogen and oxygen atoms in total. The number of nitrogens with zero attached hydrogens (tertiary/aromatic N) is 1. The first-order valence-electron chi connectivity index (χ1n) is 5.20. The smallest absolute Gasteiger partial charge is 0.182 e. The van der Waals surface area contributed by atoms with Crippen LogP contribution in [0.2, 0.25) is 0 Å². The average Bonchev–Trinajstić information content (AvgIpc) is 2.33. The van der Waals surface area contributed by atoms with Crippen LogP contribution in [0.5, 0.6) is 0 Å². The average molecular weight is 404 g/mol. The summed E-state index contributed by atoms with van der Waals surface area (Å²) in [7, 11) is 0. The summed E-state index contributed by atoms with van der Waals surface area (Å²) >= 11 is 5.73. The molecule has 1 aliphatic heterocycles. The van der Waals surface area contributed by atoms with Gasteiger partial charge in [0.2, 0.25) is 0 Å². The van der Waals surface area contributed by atoms with Crippen molar-refractivity contribution in [3.63, 3.8) is 0 Å². The van der Waals surface area contributed by atoms with E-state index in [0.717, 1.165) is 9.13 Å². The minimum absolute atomic E-state index is 0.0975. The van der Waals surface area contributed by atoms with Crippen molar-refractivity contribution < 1.29 is 4.79 Å². The predicted octanol–water partition coefficient (Wildman–Crippen LogP) is 3.58. The van der Waals surface area contributed by atoms with Crippen molar-refractivity contribution in [1.82, 2.24) is 4.90 Å². The van der Waals surface area contributed by atoms with E-state index in [-0.39, 0.29) is 10.7 Å². The van der Waals surface area contributed by atoms with Crippen molar-refractivity contribution in [3.05, 3.63) is 57.8 Å². The largest absolute Gasteiger partial charge is 0.354 e. The summed E-state index contributed by atoms with van der Waals surface area (Å²) in [5.74, 6) is 0.130. The Kier molecular flexibility index (Phi) is 4.39. The monoisotopic (exact) mass is 403 g/mol. The number of Topliss-reactive ketones (excluding diaryl/α,β-unsaturated/α-hetero) is 1. The van der Waals surface area contributed by atoms with Gasteiger partial charge in [0.1, 0.15) is 4.95 Å². The van der Waals surface area contributed by atoms with Gasteiger partial charge in [0.25, 0.3) is 0 Å². The molecule has 0 aromatic heterocycles. The second-order valence-corrected chi connectivity index (χ2v) is 5.89. The molecule has 1 heterocycles. The predicted molar refractivity (Wildman–Crippen MR) is 81.2 cm³/mol. The molecule has 0 spiro atoms. The molecule has 1 aromatic rings. The number of hydrogen-bond acceptors (Lipinski definition) is 2. The Bertz CT molecular complexity index is 467. The molecule has 0 saturated heterocycles. The third-order valence-corrected chi connectivity index (χ3v) is 4.02. The fourth-order valence-corrected chi connectivity index (χ4v) is 2.36. The molecule has 1 unspecified atom stereocenters. The van der Waals surface area contributed by atoms with Crippen LogP contribution in [0.15, 0.2) is 48.7 Å². The van der Waals surface area contributed by atoms with Crippen molar-refractivity contribution in [1.29, 1.82) is 0 Å². The fraction of sp³-hybridized carbons (Fsp3) is 0.154. The van der Waals surface area contributed by atoms with Crippen molar-refractivity contribution in [2.45, 2.75) is 4.95 Å². The van der Waals surface area contributed by atoms with Gasteiger partial charge in [-0.15, -0.1) is 0 Å². The first kappa shape index (κ1) is 12.8. The minimum Gasteiger partial charge on any atom is -0.354 e. The van der Waals surface area contributed by atoms with Gasteiger partial charge in [-0.25, -0.2) is 0 Å². The van der Waals surface area contributed by atoms with E-state index in [1.165, 1.54) is 0 Å². The van der Waals surface area contributed by atoms with Gasteiger partial charge in [0, 0.05) is 15.3 Å². The standard InChI is InChI=1S/C13H11BrINO/c14-13-3-1-2-8-16(13)9-12(17)10-4-6-11(15)7-5-10/h1-8,13H,9H2. The summed E-state index contributed by atoms with van der Waals surface area (Å²) < 4.78 is 1.14. The highest BCUT2D eigenvalue weighted by Crippen LogP contribution is 2.15. The number of halogens is 2. The molecule has 0 fully saturated rings. The van der Waals surface area contributed by atoms with Crippen LogP contribution in [0.4, 0.5) is 0 Å². The highest BCUT2D eigenvalue weighted by atomic mass is 127. The van der Waals surface area contributed by atoms with Gasteiger partial charge in [0.05, 0.1) is 6.54 Å². The molecular formula is C13H11BrINO. The fourth-order valence-electron chi connectivity index (χ4n) is 1.54. The molecule has 0 bridgehead atoms. The Balaban J connectivity index is 2.04. The lowest BCUT2D eigenvalue weighted by Gasteiger charge is -2.25. The van der Waals surface area contributed by atoms with Gasteiger partial charge < -0.3 is 4.90 Å². The van der Waals surface area contributed by atoms with Crippen molar-refractivity contribution in [2.24, 2.45) is 0 Å². The molecule has 1 aromatic carbocycles. The minimum atomic E-state index is 0.0975. The Morgan fingerprint density at radius 1 is 1.29 bits per heavy atom. The van der Waals surface area contributed by atoms with Gasteiger partial charge in [-0.3, -0.25) is 4.79 Å². The number of carbonyl (C=O) groups excluding carboxylic acids is 1. The Morgan fingerprint density at radius 3 is 2.65 bits per heavy atom. The summed E-state index contributed by atoms with van der Waals surface area (Å²) in [5, 5.41) is 0. The van der Waals surface area contributed by atoms with Gasteiger partial charge >= 0.3 is 0 Å². The lowest BCUT2D eigenvalue weighted by Crippen LogP contribution is -2.31. The molecule has 0 radical (unpaired) electrons. The third kappa shape index (κ3) is 3.42. The number of ketones is 1. The second-order valence-electron chi connectivity index (χ2n) is 3.70. The molecule has 0 saturated carbocycles. The highest BCUT2D eigenvalue weighted by Gasteiger charge is 2.15. The maximum Gasteiger partial charge on any atom is 0.182 e. The summed E-state index contributed by atoms with van der Waals surface area (Å²) in [6, 6.07) is 7.64. The molecule has 0 N–H and O–H groups in total. The van der Waals surface area contributed by atoms with Crippen LogP contribution in [0.3, 0.4) is 0 Å². The zero-order chi connectivity index (χ0) is 12.3. The normalized spacial score (nSPS) is 18.5. The van der Waals surface area contributed by atoms with E-state index in [9.17, 15) is 4.79 Å². The molecule has 1 aliphatic rings. The van der Waals surface area contributed by atoms with Gasteiger partial charge in [0.15, 0.2) is 5.78 Å². The van der Waals surface area contributed by atoms with Crippen LogP contribution in [0.1, 0.15) is 10.4 Å². The molecule has 88 valence electrons. The molecular weight excluding hydrogens is 393 g/mol. The van der Waals surface area contributed by atoms with E-state index in [4.69, 9.17) is 0 Å². The van der Waals surface area contributed by atoms with E-state index in [1.807, 2.05) is 53.6 Å². The summed E-state index contributed by atoms with van der Waals surface area (Å²) in [6.45, 7) is 0.386. The van der Waals surface area contributed by atoms with Crippen LogP contribution < -0.4 is 0 Å². The van der Waals surface area contributed by atoms with E-state index < -0.39 is 0 Å². The van der Waals surface area contributed by atoms with Crippen LogP contribution in [0, 0.1) is 3.57 Å². The van der Waals surface area contributed by atoms with E-state index in [1.54, 1.807) is 0 Å². The number of benzene rings is 1. The van der Waals surface area contributed by atoms with Gasteiger partial charge in [-0.2, -0.15) is 0 Å². The number of carbonyl (C=O) groups is 1. The molecule has 17 heavy (non-hydrogen) atoms. The molecule has 1 atom stereocenters. The quantitative estimate of drug-likeness (QED) is 0.333. The topological polar surface area (TPSA) is 20.3 Å². The zero-order valence-electron chi connectivity index (χ0n) is 9.01. The lowest BCUT2D eigenvalue weighted by molar-refractivity contribution is 0.0956. The maximum atomic E-state index is 12.0. The van der Waals surface area contributed by atoms with Crippen LogP contribution in [0.25, 0.3) is 0 Å². The Morgan fingerprint density at radius 2 is 2.00 bits per heavy atom. The second kappa shape index (κ2) is 5.82. The number of alkyl halides is 1. The van der Waals surface area contributed by atoms with Crippen LogP contribution in [-0.2, 0) is 0 Å². The van der Waals surface area contributed by atoms with Gasteiger partial charge in [-0.05, 0) is 40.8 Å². The first-order valence-corrected chi connectivity index (χ1v) is 7.20. The van der Waals surface area contributed by atoms with Crippen molar-refractivity contribution in [2.75, 3.05) is 6.54 Å². The van der Waals surface area contributed by atoms with Crippen molar-refractivity contribution >= 4 is 44.3 Å². The Labute approximate surface area is 123 Å². The number of hydrogen-bond donors (Lipinski definition) is 0. The van der Waals surface area contributed by atoms with E-state index in [0.29, 0.717) is 6.54 Å². The van der Waals surface area contributed by atoms with Crippen LogP contribution >= 0.6 is 38.5 Å². The molecule has 4 heteroatoms. The van der Waals surface area contributed by atoms with E-state index >= 15 is 0 Å². The summed E-state index contributed by atoms with van der Waals surface area (Å²) in [4.78, 5) is 14.1. The molecule has 2 rings (SSSR count). The van der Waals surface area contributed by atoms with E-state index in [2.05, 4.69) is 38.5 Å². The summed E-state index contributed by atoms with van der Waals surface area (Å²) in [5.41, 5.74) is 0.757. The zero-order valence-corrected chi connectivity index (χ0v) is 12.8. The third-order valence-electron chi connectivity index (χ3n) is 2.47. The molecule has 0 amide bonds.